The third-order valence-electron chi connectivity index (χ3n) is 4.73. The largest absolute Gasteiger partial charge is 0.324 e. The van der Waals surface area contributed by atoms with Gasteiger partial charge in [0.2, 0.25) is 5.91 Å². The third kappa shape index (κ3) is 2.89. The van der Waals surface area contributed by atoms with E-state index in [1.165, 1.54) is 5.56 Å². The van der Waals surface area contributed by atoms with E-state index >= 15 is 0 Å². The van der Waals surface area contributed by atoms with Crippen LogP contribution in [0.5, 0.6) is 0 Å². The van der Waals surface area contributed by atoms with Gasteiger partial charge in [-0.3, -0.25) is 4.79 Å². The molecular formula is C20H24N2O. The summed E-state index contributed by atoms with van der Waals surface area (Å²) in [6.07, 6.45) is 1.64. The molecule has 0 aromatic heterocycles. The van der Waals surface area contributed by atoms with Crippen LogP contribution in [0, 0.1) is 0 Å². The van der Waals surface area contributed by atoms with Crippen LogP contribution in [0.3, 0.4) is 0 Å². The quantitative estimate of drug-likeness (QED) is 0.913. The van der Waals surface area contributed by atoms with Gasteiger partial charge in [0, 0.05) is 18.3 Å². The van der Waals surface area contributed by atoms with E-state index < -0.39 is 0 Å². The fraction of sp³-hybridized carbons (Fsp3) is 0.350. The highest BCUT2D eigenvalue weighted by Crippen LogP contribution is 2.40. The summed E-state index contributed by atoms with van der Waals surface area (Å²) in [5.74, 6) is 0.201. The molecule has 2 N–H and O–H groups in total. The molecule has 3 rings (SSSR count). The molecule has 1 aliphatic rings. The summed E-state index contributed by atoms with van der Waals surface area (Å²) in [5, 5.41) is 0. The fourth-order valence-electron chi connectivity index (χ4n) is 3.47. The molecule has 1 amide bonds. The lowest BCUT2D eigenvalue weighted by atomic mass is 9.93. The standard InChI is InChI=1S/C20H24N2O/c1-3-16-17-13-15(10-11-19(17)22(4-2)20(16)23)18(21)12-14-8-6-5-7-9-14/h5-11,13,16,18H,3-4,12,21H2,1-2H3. The molecule has 2 aromatic carbocycles. The van der Waals surface area contributed by atoms with Gasteiger partial charge in [0.15, 0.2) is 0 Å². The zero-order chi connectivity index (χ0) is 16.4. The number of nitrogens with two attached hydrogens (primary N) is 1. The van der Waals surface area contributed by atoms with Gasteiger partial charge in [0.05, 0.1) is 5.92 Å². The van der Waals surface area contributed by atoms with E-state index in [9.17, 15) is 4.79 Å². The Bertz CT molecular complexity index is 696. The molecule has 0 saturated heterocycles. The first kappa shape index (κ1) is 15.8. The van der Waals surface area contributed by atoms with E-state index in [1.54, 1.807) is 0 Å². The minimum absolute atomic E-state index is 0.0196. The Balaban J connectivity index is 1.89. The number of nitrogens with zero attached hydrogens (tertiary/aromatic N) is 1. The number of hydrogen-bond acceptors (Lipinski definition) is 2. The molecule has 1 heterocycles. The summed E-state index contributed by atoms with van der Waals surface area (Å²) < 4.78 is 0. The number of likely N-dealkylation sites (N-methyl/N-ethyl adjacent to an activating group) is 1. The summed E-state index contributed by atoms with van der Waals surface area (Å²) >= 11 is 0. The second-order valence-electron chi connectivity index (χ2n) is 6.16. The van der Waals surface area contributed by atoms with Gasteiger partial charge in [-0.25, -0.2) is 0 Å². The number of amides is 1. The van der Waals surface area contributed by atoms with Crippen molar-refractivity contribution in [3.8, 4) is 0 Å². The predicted molar refractivity (Wildman–Crippen MR) is 94.6 cm³/mol. The Labute approximate surface area is 138 Å². The molecule has 23 heavy (non-hydrogen) atoms. The lowest BCUT2D eigenvalue weighted by Gasteiger charge is -2.16. The number of anilines is 1. The zero-order valence-corrected chi connectivity index (χ0v) is 13.8. The van der Waals surface area contributed by atoms with Gasteiger partial charge in [-0.15, -0.1) is 0 Å². The first-order chi connectivity index (χ1) is 11.2. The van der Waals surface area contributed by atoms with Crippen molar-refractivity contribution in [2.75, 3.05) is 11.4 Å². The van der Waals surface area contributed by atoms with Crippen LogP contribution in [0.2, 0.25) is 0 Å². The van der Waals surface area contributed by atoms with Crippen molar-refractivity contribution >= 4 is 11.6 Å². The average Bonchev–Trinajstić information content (AvgIpc) is 2.85. The first-order valence-corrected chi connectivity index (χ1v) is 8.40. The summed E-state index contributed by atoms with van der Waals surface area (Å²) in [6.45, 7) is 4.81. The minimum Gasteiger partial charge on any atom is -0.324 e. The molecule has 1 aliphatic heterocycles. The molecule has 0 aliphatic carbocycles. The van der Waals surface area contributed by atoms with Gasteiger partial charge in [-0.2, -0.15) is 0 Å². The van der Waals surface area contributed by atoms with E-state index in [0.29, 0.717) is 0 Å². The van der Waals surface area contributed by atoms with Crippen molar-refractivity contribution < 1.29 is 4.79 Å². The van der Waals surface area contributed by atoms with Crippen LogP contribution in [-0.4, -0.2) is 12.5 Å². The lowest BCUT2D eigenvalue weighted by Crippen LogP contribution is -2.28. The molecule has 0 bridgehead atoms. The third-order valence-corrected chi connectivity index (χ3v) is 4.73. The fourth-order valence-corrected chi connectivity index (χ4v) is 3.47. The molecule has 3 nitrogen and oxygen atoms in total. The second-order valence-corrected chi connectivity index (χ2v) is 6.16. The van der Waals surface area contributed by atoms with Crippen molar-refractivity contribution in [2.24, 2.45) is 5.73 Å². The van der Waals surface area contributed by atoms with Crippen molar-refractivity contribution in [2.45, 2.75) is 38.6 Å². The lowest BCUT2D eigenvalue weighted by molar-refractivity contribution is -0.119. The van der Waals surface area contributed by atoms with E-state index in [4.69, 9.17) is 5.73 Å². The van der Waals surface area contributed by atoms with Crippen LogP contribution in [0.25, 0.3) is 0 Å². The highest BCUT2D eigenvalue weighted by atomic mass is 16.2. The minimum atomic E-state index is -0.0500. The monoisotopic (exact) mass is 308 g/mol. The molecule has 2 aromatic rings. The van der Waals surface area contributed by atoms with E-state index in [1.807, 2.05) is 30.0 Å². The Hall–Kier alpha value is -2.13. The smallest absolute Gasteiger partial charge is 0.234 e. The van der Waals surface area contributed by atoms with E-state index in [0.717, 1.165) is 36.2 Å². The Kier molecular flexibility index (Phi) is 4.49. The maximum atomic E-state index is 12.5. The number of hydrogen-bond donors (Lipinski definition) is 1. The van der Waals surface area contributed by atoms with Gasteiger partial charge in [-0.05, 0) is 42.5 Å². The maximum Gasteiger partial charge on any atom is 0.234 e. The van der Waals surface area contributed by atoms with Crippen molar-refractivity contribution in [1.29, 1.82) is 0 Å². The van der Waals surface area contributed by atoms with E-state index in [2.05, 4.69) is 37.3 Å². The summed E-state index contributed by atoms with van der Waals surface area (Å²) in [4.78, 5) is 14.4. The van der Waals surface area contributed by atoms with Crippen molar-refractivity contribution in [3.05, 3.63) is 65.2 Å². The zero-order valence-electron chi connectivity index (χ0n) is 13.8. The predicted octanol–water partition coefficient (Wildman–Crippen LogP) is 3.79. The van der Waals surface area contributed by atoms with Crippen LogP contribution in [0.4, 0.5) is 5.69 Å². The van der Waals surface area contributed by atoms with Crippen LogP contribution in [-0.2, 0) is 11.2 Å². The topological polar surface area (TPSA) is 46.3 Å². The Morgan fingerprint density at radius 2 is 1.87 bits per heavy atom. The van der Waals surface area contributed by atoms with Crippen LogP contribution in [0.1, 0.15) is 48.9 Å². The molecule has 2 unspecified atom stereocenters. The summed E-state index contributed by atoms with van der Waals surface area (Å²) in [5.41, 5.74) is 10.9. The van der Waals surface area contributed by atoms with E-state index in [-0.39, 0.29) is 17.9 Å². The molecule has 0 spiro atoms. The number of benzene rings is 2. The van der Waals surface area contributed by atoms with Gasteiger partial charge in [-0.1, -0.05) is 49.4 Å². The van der Waals surface area contributed by atoms with Gasteiger partial charge >= 0.3 is 0 Å². The molecule has 120 valence electrons. The number of rotatable bonds is 5. The van der Waals surface area contributed by atoms with Crippen LogP contribution >= 0.6 is 0 Å². The SMILES string of the molecule is CCC1C(=O)N(CC)c2ccc(C(N)Cc3ccccc3)cc21. The Morgan fingerprint density at radius 3 is 2.52 bits per heavy atom. The molecular weight excluding hydrogens is 284 g/mol. The molecule has 3 heteroatoms. The second kappa shape index (κ2) is 6.55. The van der Waals surface area contributed by atoms with Crippen molar-refractivity contribution in [1.82, 2.24) is 0 Å². The van der Waals surface area contributed by atoms with Gasteiger partial charge < -0.3 is 10.6 Å². The number of fused-ring (bicyclic) bond motifs is 1. The first-order valence-electron chi connectivity index (χ1n) is 8.40. The van der Waals surface area contributed by atoms with Crippen LogP contribution in [0.15, 0.2) is 48.5 Å². The van der Waals surface area contributed by atoms with Gasteiger partial charge in [0.25, 0.3) is 0 Å². The molecule has 2 atom stereocenters. The molecule has 0 saturated carbocycles. The maximum absolute atomic E-state index is 12.5. The summed E-state index contributed by atoms with van der Waals surface area (Å²) in [7, 11) is 0. The summed E-state index contributed by atoms with van der Waals surface area (Å²) in [6, 6.07) is 16.5. The van der Waals surface area contributed by atoms with Crippen molar-refractivity contribution in [3.63, 3.8) is 0 Å². The molecule has 0 radical (unpaired) electrons. The average molecular weight is 308 g/mol. The van der Waals surface area contributed by atoms with Gasteiger partial charge in [0.1, 0.15) is 0 Å². The normalized spacial score (nSPS) is 18.1. The Morgan fingerprint density at radius 1 is 1.13 bits per heavy atom. The number of carbonyl (C=O) groups is 1. The highest BCUT2D eigenvalue weighted by molar-refractivity contribution is 6.04. The number of carbonyl (C=O) groups excluding carboxylic acids is 1. The van der Waals surface area contributed by atoms with Crippen LogP contribution < -0.4 is 10.6 Å². The molecule has 0 fully saturated rings. The highest BCUT2D eigenvalue weighted by Gasteiger charge is 2.35.